The largest absolute Gasteiger partial charge is 0.496 e. The molecule has 2 aromatic carbocycles. The molecule has 0 fully saturated rings. The number of H-pyrrole nitrogens is 1. The molecule has 0 bridgehead atoms. The highest BCUT2D eigenvalue weighted by molar-refractivity contribution is 9.10. The number of anilines is 1. The van der Waals surface area contributed by atoms with Gasteiger partial charge in [0, 0.05) is 34.4 Å². The van der Waals surface area contributed by atoms with E-state index < -0.39 is 11.6 Å². The fourth-order valence-corrected chi connectivity index (χ4v) is 3.17. The van der Waals surface area contributed by atoms with Gasteiger partial charge in [-0.3, -0.25) is 5.10 Å². The van der Waals surface area contributed by atoms with Gasteiger partial charge < -0.3 is 10.1 Å². The van der Waals surface area contributed by atoms with Crippen molar-refractivity contribution in [2.75, 3.05) is 12.4 Å². The van der Waals surface area contributed by atoms with Gasteiger partial charge >= 0.3 is 0 Å². The van der Waals surface area contributed by atoms with Crippen molar-refractivity contribution in [3.05, 3.63) is 64.3 Å². The Kier molecular flexibility index (Phi) is 4.91. The molecule has 9 heteroatoms. The number of rotatable bonds is 5. The standard InChI is InChI=1S/C19H14BrF2N5O/c1-28-16-5-3-11(20)6-13(16)17-14-9-24-19(25-18(14)27-26-17)23-8-10-2-4-12(21)7-15(10)22/h2-7,9H,8H2,1H3,(H2,23,24,25,26,27). The van der Waals surface area contributed by atoms with Crippen LogP contribution in [0.25, 0.3) is 22.3 Å². The second kappa shape index (κ2) is 7.51. The topological polar surface area (TPSA) is 75.7 Å². The van der Waals surface area contributed by atoms with Gasteiger partial charge in [0.2, 0.25) is 5.95 Å². The third-order valence-corrected chi connectivity index (χ3v) is 4.69. The van der Waals surface area contributed by atoms with E-state index in [-0.39, 0.29) is 12.5 Å². The molecule has 0 saturated heterocycles. The van der Waals surface area contributed by atoms with Crippen molar-refractivity contribution in [2.24, 2.45) is 0 Å². The molecular formula is C19H14BrF2N5O. The summed E-state index contributed by atoms with van der Waals surface area (Å²) in [7, 11) is 1.60. The van der Waals surface area contributed by atoms with E-state index in [1.54, 1.807) is 13.3 Å². The Morgan fingerprint density at radius 1 is 1.18 bits per heavy atom. The number of aromatic amines is 1. The number of hydrogen-bond donors (Lipinski definition) is 2. The highest BCUT2D eigenvalue weighted by Gasteiger charge is 2.15. The zero-order chi connectivity index (χ0) is 19.7. The lowest BCUT2D eigenvalue weighted by atomic mass is 10.1. The molecule has 6 nitrogen and oxygen atoms in total. The number of nitrogens with one attached hydrogen (secondary N) is 2. The van der Waals surface area contributed by atoms with Gasteiger partial charge in [0.15, 0.2) is 5.65 Å². The van der Waals surface area contributed by atoms with E-state index in [2.05, 4.69) is 41.4 Å². The maximum atomic E-state index is 13.7. The van der Waals surface area contributed by atoms with Crippen LogP contribution < -0.4 is 10.1 Å². The first-order chi connectivity index (χ1) is 13.5. The van der Waals surface area contributed by atoms with Crippen LogP contribution in [0.15, 0.2) is 47.1 Å². The lowest BCUT2D eigenvalue weighted by Gasteiger charge is -2.08. The summed E-state index contributed by atoms with van der Waals surface area (Å²) in [6, 6.07) is 9.06. The van der Waals surface area contributed by atoms with Crippen LogP contribution in [-0.4, -0.2) is 27.3 Å². The Bertz CT molecular complexity index is 1160. The third kappa shape index (κ3) is 3.53. The fourth-order valence-electron chi connectivity index (χ4n) is 2.81. The van der Waals surface area contributed by atoms with E-state index >= 15 is 0 Å². The average molecular weight is 446 g/mol. The maximum Gasteiger partial charge on any atom is 0.225 e. The van der Waals surface area contributed by atoms with Crippen molar-refractivity contribution < 1.29 is 13.5 Å². The molecule has 0 aliphatic heterocycles. The molecule has 0 unspecified atom stereocenters. The van der Waals surface area contributed by atoms with Crippen LogP contribution in [0.3, 0.4) is 0 Å². The SMILES string of the molecule is COc1ccc(Br)cc1-c1[nH]nc2nc(NCc3ccc(F)cc3F)ncc12. The molecule has 0 saturated carbocycles. The molecule has 2 N–H and O–H groups in total. The van der Waals surface area contributed by atoms with Gasteiger partial charge in [-0.1, -0.05) is 22.0 Å². The first-order valence-corrected chi connectivity index (χ1v) is 9.07. The van der Waals surface area contributed by atoms with Crippen LogP contribution in [0, 0.1) is 11.6 Å². The molecule has 28 heavy (non-hydrogen) atoms. The number of ether oxygens (including phenoxy) is 1. The van der Waals surface area contributed by atoms with E-state index in [4.69, 9.17) is 4.74 Å². The molecule has 0 spiro atoms. The predicted molar refractivity (Wildman–Crippen MR) is 105 cm³/mol. The molecule has 4 aromatic rings. The average Bonchev–Trinajstić information content (AvgIpc) is 3.10. The van der Waals surface area contributed by atoms with Crippen LogP contribution >= 0.6 is 15.9 Å². The summed E-state index contributed by atoms with van der Waals surface area (Å²) in [6.45, 7) is 0.119. The van der Waals surface area contributed by atoms with Crippen molar-refractivity contribution in [2.45, 2.75) is 6.54 Å². The Balaban J connectivity index is 1.62. The van der Waals surface area contributed by atoms with Crippen LogP contribution in [0.2, 0.25) is 0 Å². The molecule has 2 heterocycles. The number of methoxy groups -OCH3 is 1. The normalized spacial score (nSPS) is 11.0. The quantitative estimate of drug-likeness (QED) is 0.466. The van der Waals surface area contributed by atoms with Gasteiger partial charge in [0.05, 0.1) is 18.2 Å². The Morgan fingerprint density at radius 3 is 2.82 bits per heavy atom. The summed E-state index contributed by atoms with van der Waals surface area (Å²) in [6.07, 6.45) is 1.63. The van der Waals surface area contributed by atoms with Crippen molar-refractivity contribution >= 4 is 32.9 Å². The highest BCUT2D eigenvalue weighted by Crippen LogP contribution is 2.35. The van der Waals surface area contributed by atoms with E-state index in [0.717, 1.165) is 27.2 Å². The summed E-state index contributed by atoms with van der Waals surface area (Å²) in [5.41, 5.74) is 2.31. The van der Waals surface area contributed by atoms with Crippen LogP contribution in [0.4, 0.5) is 14.7 Å². The van der Waals surface area contributed by atoms with E-state index in [1.165, 1.54) is 12.1 Å². The van der Waals surface area contributed by atoms with Crippen molar-refractivity contribution in [3.8, 4) is 17.0 Å². The fraction of sp³-hybridized carbons (Fsp3) is 0.105. The van der Waals surface area contributed by atoms with Gasteiger partial charge in [0.1, 0.15) is 17.4 Å². The van der Waals surface area contributed by atoms with Gasteiger partial charge in [-0.25, -0.2) is 13.8 Å². The van der Waals surface area contributed by atoms with Crippen LogP contribution in [0.5, 0.6) is 5.75 Å². The van der Waals surface area contributed by atoms with Crippen molar-refractivity contribution in [1.82, 2.24) is 20.2 Å². The third-order valence-electron chi connectivity index (χ3n) is 4.19. The number of fused-ring (bicyclic) bond motifs is 1. The number of halogens is 3. The summed E-state index contributed by atoms with van der Waals surface area (Å²) < 4.78 is 33.1. The number of benzene rings is 2. The lowest BCUT2D eigenvalue weighted by Crippen LogP contribution is -2.05. The van der Waals surface area contributed by atoms with Crippen LogP contribution in [0.1, 0.15) is 5.56 Å². The molecule has 0 radical (unpaired) electrons. The van der Waals surface area contributed by atoms with Crippen LogP contribution in [-0.2, 0) is 6.54 Å². The summed E-state index contributed by atoms with van der Waals surface area (Å²) in [5.74, 6) is -0.276. The highest BCUT2D eigenvalue weighted by atomic mass is 79.9. The molecule has 0 amide bonds. The minimum Gasteiger partial charge on any atom is -0.496 e. The first-order valence-electron chi connectivity index (χ1n) is 8.28. The summed E-state index contributed by atoms with van der Waals surface area (Å²) in [4.78, 5) is 8.62. The molecule has 0 aliphatic rings. The Labute approximate surface area is 167 Å². The summed E-state index contributed by atoms with van der Waals surface area (Å²) in [5, 5.41) is 10.8. The monoisotopic (exact) mass is 445 g/mol. The lowest BCUT2D eigenvalue weighted by molar-refractivity contribution is 0.416. The minimum absolute atomic E-state index is 0.119. The summed E-state index contributed by atoms with van der Waals surface area (Å²) >= 11 is 3.45. The molecule has 0 atom stereocenters. The van der Waals surface area contributed by atoms with E-state index in [9.17, 15) is 8.78 Å². The molecular weight excluding hydrogens is 432 g/mol. The van der Waals surface area contributed by atoms with Gasteiger partial charge in [-0.2, -0.15) is 10.1 Å². The number of aromatic nitrogens is 4. The Hall–Kier alpha value is -3.07. The van der Waals surface area contributed by atoms with E-state index in [0.29, 0.717) is 17.0 Å². The molecule has 142 valence electrons. The Morgan fingerprint density at radius 2 is 2.04 bits per heavy atom. The molecule has 4 rings (SSSR count). The predicted octanol–water partition coefficient (Wildman–Crippen LogP) is 4.68. The van der Waals surface area contributed by atoms with E-state index in [1.807, 2.05) is 18.2 Å². The van der Waals surface area contributed by atoms with Gasteiger partial charge in [0.25, 0.3) is 0 Å². The van der Waals surface area contributed by atoms with Gasteiger partial charge in [-0.05, 0) is 24.3 Å². The number of hydrogen-bond acceptors (Lipinski definition) is 5. The zero-order valence-electron chi connectivity index (χ0n) is 14.6. The van der Waals surface area contributed by atoms with Crippen molar-refractivity contribution in [3.63, 3.8) is 0 Å². The van der Waals surface area contributed by atoms with Crippen molar-refractivity contribution in [1.29, 1.82) is 0 Å². The second-order valence-corrected chi connectivity index (χ2v) is 6.88. The number of nitrogens with zero attached hydrogens (tertiary/aromatic N) is 3. The maximum absolute atomic E-state index is 13.7. The zero-order valence-corrected chi connectivity index (χ0v) is 16.2. The smallest absolute Gasteiger partial charge is 0.225 e. The molecule has 0 aliphatic carbocycles. The first kappa shape index (κ1) is 18.3. The molecule has 2 aromatic heterocycles. The minimum atomic E-state index is -0.627. The second-order valence-electron chi connectivity index (χ2n) is 5.96. The van der Waals surface area contributed by atoms with Gasteiger partial charge in [-0.15, -0.1) is 0 Å².